The quantitative estimate of drug-likeness (QED) is 0.822. The largest absolute Gasteiger partial charge is 0.359 e. The number of nitrogens with zero attached hydrogens (tertiary/aromatic N) is 2. The maximum absolute atomic E-state index is 13.1. The molecular weight excluding hydrogens is 374 g/mol. The minimum absolute atomic E-state index is 0.0333. The topological polar surface area (TPSA) is 62.3 Å². The van der Waals surface area contributed by atoms with Crippen LogP contribution in [-0.2, 0) is 16.0 Å². The van der Waals surface area contributed by atoms with Crippen molar-refractivity contribution >= 4 is 11.8 Å². The number of rotatable bonds is 5. The molecule has 5 nitrogen and oxygen atoms in total. The lowest BCUT2D eigenvalue weighted by molar-refractivity contribution is -0.137. The van der Waals surface area contributed by atoms with Crippen molar-refractivity contribution in [2.24, 2.45) is 11.3 Å². The van der Waals surface area contributed by atoms with E-state index in [2.05, 4.69) is 22.4 Å². The number of nitrogens with one attached hydrogen (secondary N) is 1. The van der Waals surface area contributed by atoms with Gasteiger partial charge in [0.2, 0.25) is 11.8 Å². The smallest absolute Gasteiger partial charge is 0.228 e. The van der Waals surface area contributed by atoms with E-state index >= 15 is 0 Å². The van der Waals surface area contributed by atoms with E-state index in [-0.39, 0.29) is 17.7 Å². The lowest BCUT2D eigenvalue weighted by Gasteiger charge is -2.30. The van der Waals surface area contributed by atoms with E-state index in [4.69, 9.17) is 0 Å². The first kappa shape index (κ1) is 20.6. The van der Waals surface area contributed by atoms with E-state index in [1.807, 2.05) is 29.2 Å². The Morgan fingerprint density at radius 2 is 1.83 bits per heavy atom. The second-order valence-electron chi connectivity index (χ2n) is 8.77. The minimum atomic E-state index is -0.581. The fourth-order valence-corrected chi connectivity index (χ4v) is 5.20. The zero-order valence-electron chi connectivity index (χ0n) is 17.8. The van der Waals surface area contributed by atoms with Gasteiger partial charge in [0.15, 0.2) is 0 Å². The van der Waals surface area contributed by atoms with Crippen LogP contribution in [0.25, 0.3) is 11.1 Å². The van der Waals surface area contributed by atoms with Crippen molar-refractivity contribution in [1.29, 1.82) is 0 Å². The second-order valence-corrected chi connectivity index (χ2v) is 8.77. The first-order valence-electron chi connectivity index (χ1n) is 11.1. The molecule has 30 heavy (non-hydrogen) atoms. The molecule has 0 spiro atoms. The van der Waals surface area contributed by atoms with E-state index in [1.54, 1.807) is 19.4 Å². The molecule has 1 N–H and O–H groups in total. The van der Waals surface area contributed by atoms with Crippen molar-refractivity contribution in [2.45, 2.75) is 44.9 Å². The first-order chi connectivity index (χ1) is 14.6. The molecule has 1 saturated carbocycles. The summed E-state index contributed by atoms with van der Waals surface area (Å²) in [7, 11) is 1.70. The molecule has 2 fully saturated rings. The van der Waals surface area contributed by atoms with Crippen molar-refractivity contribution < 1.29 is 9.59 Å². The van der Waals surface area contributed by atoms with Crippen LogP contribution in [0.3, 0.4) is 0 Å². The van der Waals surface area contributed by atoms with Crippen LogP contribution in [0.2, 0.25) is 0 Å². The van der Waals surface area contributed by atoms with Crippen molar-refractivity contribution in [3.8, 4) is 11.1 Å². The van der Waals surface area contributed by atoms with Gasteiger partial charge >= 0.3 is 0 Å². The number of hydrogen-bond donors (Lipinski definition) is 1. The number of aromatic nitrogens is 1. The first-order valence-corrected chi connectivity index (χ1v) is 11.1. The number of pyridine rings is 1. The normalized spacial score (nSPS) is 22.1. The van der Waals surface area contributed by atoms with Crippen LogP contribution in [0.15, 0.2) is 48.8 Å². The van der Waals surface area contributed by atoms with E-state index in [1.165, 1.54) is 6.42 Å². The Morgan fingerprint density at radius 1 is 1.10 bits per heavy atom. The number of amides is 2. The van der Waals surface area contributed by atoms with Crippen molar-refractivity contribution in [3.63, 3.8) is 0 Å². The Labute approximate surface area is 178 Å². The maximum Gasteiger partial charge on any atom is 0.228 e. The lowest BCUT2D eigenvalue weighted by Crippen LogP contribution is -2.45. The molecule has 5 heteroatoms. The van der Waals surface area contributed by atoms with Crippen LogP contribution in [0.5, 0.6) is 0 Å². The SMILES string of the molecule is CNC(=O)[C@@]1(Cc2ccccc2-c2ccncc2)CCN(C(=O)C2CCCCC2)C1. The molecule has 2 aromatic rings. The Morgan fingerprint density at radius 3 is 2.57 bits per heavy atom. The Hall–Kier alpha value is -2.69. The van der Waals surface area contributed by atoms with Crippen LogP contribution in [0.4, 0.5) is 0 Å². The van der Waals surface area contributed by atoms with Crippen LogP contribution < -0.4 is 5.32 Å². The molecule has 1 aromatic heterocycles. The molecule has 1 saturated heterocycles. The van der Waals surface area contributed by atoms with Gasteiger partial charge in [-0.1, -0.05) is 43.5 Å². The highest BCUT2D eigenvalue weighted by Gasteiger charge is 2.46. The second kappa shape index (κ2) is 8.99. The predicted octanol–water partition coefficient (Wildman–Crippen LogP) is 3.84. The molecule has 0 radical (unpaired) electrons. The van der Waals surface area contributed by atoms with Crippen molar-refractivity contribution in [1.82, 2.24) is 15.2 Å². The van der Waals surface area contributed by atoms with Crippen LogP contribution in [0, 0.1) is 11.3 Å². The predicted molar refractivity (Wildman–Crippen MR) is 118 cm³/mol. The molecule has 2 heterocycles. The standard InChI is InChI=1S/C25H31N3O2/c1-26-24(30)25(13-16-28(18-25)23(29)20-7-3-2-4-8-20)17-21-9-5-6-10-22(21)19-11-14-27-15-12-19/h5-6,9-12,14-15,20H,2-4,7-8,13,16-18H2,1H3,(H,26,30)/t25-/m1/s1. The van der Waals surface area contributed by atoms with Gasteiger partial charge in [-0.2, -0.15) is 0 Å². The Kier molecular flexibility index (Phi) is 6.16. The molecule has 2 amide bonds. The number of hydrogen-bond acceptors (Lipinski definition) is 3. The number of carbonyl (C=O) groups is 2. The number of carbonyl (C=O) groups excluding carboxylic acids is 2. The van der Waals surface area contributed by atoms with Crippen LogP contribution >= 0.6 is 0 Å². The van der Waals surface area contributed by atoms with Gasteiger partial charge in [-0.05, 0) is 54.5 Å². The zero-order chi connectivity index (χ0) is 21.0. The minimum Gasteiger partial charge on any atom is -0.359 e. The summed E-state index contributed by atoms with van der Waals surface area (Å²) in [5, 5.41) is 2.88. The summed E-state index contributed by atoms with van der Waals surface area (Å²) in [4.78, 5) is 32.3. The Balaban J connectivity index is 1.59. The van der Waals surface area contributed by atoms with E-state index in [9.17, 15) is 9.59 Å². The van der Waals surface area contributed by atoms with Gasteiger partial charge in [0.25, 0.3) is 0 Å². The molecule has 1 aliphatic heterocycles. The van der Waals surface area contributed by atoms with Gasteiger partial charge in [-0.3, -0.25) is 14.6 Å². The van der Waals surface area contributed by atoms with Crippen LogP contribution in [0.1, 0.15) is 44.1 Å². The van der Waals surface area contributed by atoms with Crippen molar-refractivity contribution in [3.05, 3.63) is 54.4 Å². The average molecular weight is 406 g/mol. The van der Waals surface area contributed by atoms with Crippen molar-refractivity contribution in [2.75, 3.05) is 20.1 Å². The van der Waals surface area contributed by atoms with E-state index in [0.29, 0.717) is 25.9 Å². The molecule has 4 rings (SSSR count). The maximum atomic E-state index is 13.1. The van der Waals surface area contributed by atoms with Crippen LogP contribution in [-0.4, -0.2) is 41.8 Å². The molecule has 1 atom stereocenters. The summed E-state index contributed by atoms with van der Waals surface area (Å²) in [6.45, 7) is 1.17. The van der Waals surface area contributed by atoms with Gasteiger partial charge < -0.3 is 10.2 Å². The molecule has 2 aliphatic rings. The third-order valence-corrected chi connectivity index (χ3v) is 6.87. The third kappa shape index (κ3) is 4.11. The molecule has 0 bridgehead atoms. The molecular formula is C25H31N3O2. The third-order valence-electron chi connectivity index (χ3n) is 6.87. The summed E-state index contributed by atoms with van der Waals surface area (Å²) >= 11 is 0. The van der Waals surface area contributed by atoms with Gasteiger partial charge in [0.1, 0.15) is 0 Å². The van der Waals surface area contributed by atoms with E-state index < -0.39 is 5.41 Å². The summed E-state index contributed by atoms with van der Waals surface area (Å²) < 4.78 is 0. The highest BCUT2D eigenvalue weighted by Crippen LogP contribution is 2.39. The lowest BCUT2D eigenvalue weighted by atomic mass is 9.78. The fourth-order valence-electron chi connectivity index (χ4n) is 5.20. The van der Waals surface area contributed by atoms with Gasteiger partial charge in [0, 0.05) is 38.4 Å². The number of benzene rings is 1. The summed E-state index contributed by atoms with van der Waals surface area (Å²) in [6, 6.07) is 12.3. The highest BCUT2D eigenvalue weighted by atomic mass is 16.2. The van der Waals surface area contributed by atoms with E-state index in [0.717, 1.165) is 42.4 Å². The Bertz CT molecular complexity index is 892. The molecule has 1 aromatic carbocycles. The highest BCUT2D eigenvalue weighted by molar-refractivity contribution is 5.86. The molecule has 158 valence electrons. The summed E-state index contributed by atoms with van der Waals surface area (Å²) in [6.07, 6.45) is 10.4. The zero-order valence-corrected chi connectivity index (χ0v) is 17.8. The van der Waals surface area contributed by atoms with Gasteiger partial charge in [0.05, 0.1) is 5.41 Å². The number of likely N-dealkylation sites (tertiary alicyclic amines) is 1. The fraction of sp³-hybridized carbons (Fsp3) is 0.480. The average Bonchev–Trinajstić information content (AvgIpc) is 3.24. The summed E-state index contributed by atoms with van der Waals surface area (Å²) in [5.41, 5.74) is 2.78. The monoisotopic (exact) mass is 405 g/mol. The summed E-state index contributed by atoms with van der Waals surface area (Å²) in [5.74, 6) is 0.428. The molecule has 0 unspecified atom stereocenters. The van der Waals surface area contributed by atoms with Gasteiger partial charge in [-0.15, -0.1) is 0 Å². The van der Waals surface area contributed by atoms with Gasteiger partial charge in [-0.25, -0.2) is 0 Å². The molecule has 1 aliphatic carbocycles.